The monoisotopic (exact) mass is 208 g/mol. The van der Waals surface area contributed by atoms with Crippen molar-refractivity contribution < 1.29 is 0 Å². The van der Waals surface area contributed by atoms with Gasteiger partial charge in [-0.25, -0.2) is 4.98 Å². The molecule has 0 amide bonds. The Bertz CT molecular complexity index is 289. The van der Waals surface area contributed by atoms with Gasteiger partial charge >= 0.3 is 0 Å². The summed E-state index contributed by atoms with van der Waals surface area (Å²) in [4.78, 5) is 10.1. The summed E-state index contributed by atoms with van der Waals surface area (Å²) in [6, 6.07) is 0. The summed E-state index contributed by atoms with van der Waals surface area (Å²) in [6.45, 7) is 7.91. The first-order chi connectivity index (χ1) is 7.34. The quantitative estimate of drug-likeness (QED) is 0.759. The lowest BCUT2D eigenvalue weighted by Gasteiger charge is -2.26. The van der Waals surface area contributed by atoms with E-state index in [0.29, 0.717) is 0 Å². The molecule has 15 heavy (non-hydrogen) atoms. The number of hydrogen-bond donors (Lipinski definition) is 2. The summed E-state index contributed by atoms with van der Waals surface area (Å²) in [7, 11) is 0. The number of imidazole rings is 1. The number of aryl methyl sites for hydroxylation is 2. The van der Waals surface area contributed by atoms with E-state index >= 15 is 0 Å². The summed E-state index contributed by atoms with van der Waals surface area (Å²) in [5.74, 6) is 1.13. The van der Waals surface area contributed by atoms with Gasteiger partial charge in [0.05, 0.1) is 0 Å². The number of rotatable bonds is 4. The van der Waals surface area contributed by atoms with Crippen molar-refractivity contribution in [2.75, 3.05) is 32.7 Å². The van der Waals surface area contributed by atoms with Crippen LogP contribution in [0, 0.1) is 6.92 Å². The zero-order valence-electron chi connectivity index (χ0n) is 9.42. The largest absolute Gasteiger partial charge is 0.346 e. The Balaban J connectivity index is 1.65. The van der Waals surface area contributed by atoms with E-state index in [1.54, 1.807) is 0 Å². The van der Waals surface area contributed by atoms with E-state index in [-0.39, 0.29) is 0 Å². The van der Waals surface area contributed by atoms with Crippen LogP contribution < -0.4 is 5.32 Å². The van der Waals surface area contributed by atoms with E-state index in [9.17, 15) is 0 Å². The number of nitrogens with one attached hydrogen (secondary N) is 2. The van der Waals surface area contributed by atoms with Gasteiger partial charge < -0.3 is 15.2 Å². The van der Waals surface area contributed by atoms with E-state index in [1.165, 1.54) is 26.1 Å². The number of H-pyrrole nitrogens is 1. The lowest BCUT2D eigenvalue weighted by atomic mass is 10.2. The Labute approximate surface area is 91.1 Å². The number of nitrogens with zero attached hydrogens (tertiary/aromatic N) is 2. The second-order valence-corrected chi connectivity index (χ2v) is 4.21. The highest BCUT2D eigenvalue weighted by molar-refractivity contribution is 4.98. The van der Waals surface area contributed by atoms with Gasteiger partial charge in [0.1, 0.15) is 5.82 Å². The molecule has 1 aliphatic rings. The molecular weight excluding hydrogens is 188 g/mol. The lowest BCUT2D eigenvalue weighted by molar-refractivity contribution is 0.238. The molecular formula is C11H20N4. The summed E-state index contributed by atoms with van der Waals surface area (Å²) in [6.07, 6.45) is 4.17. The molecule has 4 nitrogen and oxygen atoms in total. The molecule has 1 aromatic heterocycles. The third-order valence-corrected chi connectivity index (χ3v) is 2.85. The molecule has 1 saturated heterocycles. The number of aromatic amines is 1. The highest BCUT2D eigenvalue weighted by atomic mass is 15.2. The van der Waals surface area contributed by atoms with Crippen LogP contribution in [0.5, 0.6) is 0 Å². The average Bonchev–Trinajstić information content (AvgIpc) is 2.66. The van der Waals surface area contributed by atoms with Gasteiger partial charge in [0, 0.05) is 44.5 Å². The number of hydrogen-bond acceptors (Lipinski definition) is 3. The predicted octanol–water partition coefficient (Wildman–Crippen LogP) is 0.556. The van der Waals surface area contributed by atoms with Crippen LogP contribution in [-0.4, -0.2) is 47.6 Å². The maximum Gasteiger partial charge on any atom is 0.106 e. The molecule has 0 aromatic carbocycles. The standard InChI is InChI=1S/C11H20N4/c1-10-9-13-11(14-10)3-2-6-15-7-4-12-5-8-15/h9,12H,2-8H2,1H3,(H,13,14). The molecule has 0 atom stereocenters. The van der Waals surface area contributed by atoms with Crippen molar-refractivity contribution in [3.05, 3.63) is 17.7 Å². The molecule has 0 spiro atoms. The topological polar surface area (TPSA) is 44.0 Å². The third-order valence-electron chi connectivity index (χ3n) is 2.85. The predicted molar refractivity (Wildman–Crippen MR) is 61.0 cm³/mol. The first kappa shape index (κ1) is 10.6. The van der Waals surface area contributed by atoms with Crippen LogP contribution in [-0.2, 0) is 6.42 Å². The molecule has 0 saturated carbocycles. The fourth-order valence-electron chi connectivity index (χ4n) is 2.00. The number of aromatic nitrogens is 2. The van der Waals surface area contributed by atoms with Crippen molar-refractivity contribution in [1.29, 1.82) is 0 Å². The highest BCUT2D eigenvalue weighted by Crippen LogP contribution is 2.01. The molecule has 0 radical (unpaired) electrons. The summed E-state index contributed by atoms with van der Waals surface area (Å²) < 4.78 is 0. The minimum atomic E-state index is 1.07. The van der Waals surface area contributed by atoms with Crippen LogP contribution in [0.3, 0.4) is 0 Å². The molecule has 1 fully saturated rings. The molecule has 0 aliphatic carbocycles. The van der Waals surface area contributed by atoms with E-state index < -0.39 is 0 Å². The van der Waals surface area contributed by atoms with Gasteiger partial charge in [-0.2, -0.15) is 0 Å². The molecule has 2 rings (SSSR count). The Hall–Kier alpha value is -0.870. The van der Waals surface area contributed by atoms with Crippen molar-refractivity contribution in [2.24, 2.45) is 0 Å². The summed E-state index contributed by atoms with van der Waals surface area (Å²) in [5, 5.41) is 3.37. The molecule has 0 unspecified atom stereocenters. The van der Waals surface area contributed by atoms with Gasteiger partial charge in [0.15, 0.2) is 0 Å². The molecule has 84 valence electrons. The SMILES string of the molecule is Cc1cnc(CCCN2CCNCC2)[nH]1. The van der Waals surface area contributed by atoms with Gasteiger partial charge in [-0.15, -0.1) is 0 Å². The third kappa shape index (κ3) is 3.32. The van der Waals surface area contributed by atoms with Gasteiger partial charge in [-0.1, -0.05) is 0 Å². The fourth-order valence-corrected chi connectivity index (χ4v) is 2.00. The van der Waals surface area contributed by atoms with Crippen LogP contribution in [0.25, 0.3) is 0 Å². The van der Waals surface area contributed by atoms with E-state index in [1.807, 2.05) is 13.1 Å². The fraction of sp³-hybridized carbons (Fsp3) is 0.727. The van der Waals surface area contributed by atoms with Gasteiger partial charge in [0.25, 0.3) is 0 Å². The highest BCUT2D eigenvalue weighted by Gasteiger charge is 2.08. The summed E-state index contributed by atoms with van der Waals surface area (Å²) in [5.41, 5.74) is 1.16. The van der Waals surface area contributed by atoms with E-state index in [0.717, 1.165) is 31.0 Å². The van der Waals surface area contributed by atoms with Crippen LogP contribution >= 0.6 is 0 Å². The maximum absolute atomic E-state index is 4.31. The molecule has 2 N–H and O–H groups in total. The molecule has 2 heterocycles. The average molecular weight is 208 g/mol. The Morgan fingerprint density at radius 3 is 2.87 bits per heavy atom. The van der Waals surface area contributed by atoms with E-state index in [4.69, 9.17) is 0 Å². The second-order valence-electron chi connectivity index (χ2n) is 4.21. The maximum atomic E-state index is 4.31. The Morgan fingerprint density at radius 1 is 1.40 bits per heavy atom. The van der Waals surface area contributed by atoms with Gasteiger partial charge in [-0.05, 0) is 19.9 Å². The lowest BCUT2D eigenvalue weighted by Crippen LogP contribution is -2.43. The van der Waals surface area contributed by atoms with Gasteiger partial charge in [-0.3, -0.25) is 0 Å². The normalized spacial score (nSPS) is 18.2. The molecule has 1 aliphatic heterocycles. The zero-order valence-corrected chi connectivity index (χ0v) is 9.42. The van der Waals surface area contributed by atoms with Crippen LogP contribution in [0.4, 0.5) is 0 Å². The molecule has 1 aromatic rings. The smallest absolute Gasteiger partial charge is 0.106 e. The van der Waals surface area contributed by atoms with Crippen LogP contribution in [0.2, 0.25) is 0 Å². The van der Waals surface area contributed by atoms with Crippen molar-refractivity contribution >= 4 is 0 Å². The molecule has 4 heteroatoms. The van der Waals surface area contributed by atoms with E-state index in [2.05, 4.69) is 20.2 Å². The molecule has 0 bridgehead atoms. The Kier molecular flexibility index (Phi) is 3.75. The first-order valence-corrected chi connectivity index (χ1v) is 5.78. The van der Waals surface area contributed by atoms with Crippen molar-refractivity contribution in [2.45, 2.75) is 19.8 Å². The summed E-state index contributed by atoms with van der Waals surface area (Å²) >= 11 is 0. The second kappa shape index (κ2) is 5.28. The van der Waals surface area contributed by atoms with Crippen molar-refractivity contribution in [3.63, 3.8) is 0 Å². The Morgan fingerprint density at radius 2 is 2.20 bits per heavy atom. The van der Waals surface area contributed by atoms with Crippen molar-refractivity contribution in [1.82, 2.24) is 20.2 Å². The minimum Gasteiger partial charge on any atom is -0.346 e. The van der Waals surface area contributed by atoms with Crippen LogP contribution in [0.15, 0.2) is 6.20 Å². The zero-order chi connectivity index (χ0) is 10.5. The van der Waals surface area contributed by atoms with Crippen molar-refractivity contribution in [3.8, 4) is 0 Å². The van der Waals surface area contributed by atoms with Gasteiger partial charge in [0.2, 0.25) is 0 Å². The first-order valence-electron chi connectivity index (χ1n) is 5.78. The number of piperazine rings is 1. The van der Waals surface area contributed by atoms with Crippen LogP contribution in [0.1, 0.15) is 17.9 Å². The minimum absolute atomic E-state index is 1.07.